The molecule has 2 aromatic rings. The molecular weight excluding hydrogens is 280 g/mol. The van der Waals surface area contributed by atoms with E-state index in [0.717, 1.165) is 16.8 Å². The Bertz CT molecular complexity index is 643. The standard InChI is InChI=1S/C16H20N4O2/c1-20-10-14(8-18-9-15(21)11-22-2)16(19-20)13-5-3-12(7-17)4-6-13/h3-6,10,15,18,21H,8-9,11H2,1-2H3. The smallest absolute Gasteiger partial charge is 0.0991 e. The second kappa shape index (κ2) is 7.71. The van der Waals surface area contributed by atoms with Crippen molar-refractivity contribution in [2.45, 2.75) is 12.6 Å². The molecule has 22 heavy (non-hydrogen) atoms. The molecule has 0 amide bonds. The van der Waals surface area contributed by atoms with Crippen LogP contribution in [0, 0.1) is 11.3 Å². The van der Waals surface area contributed by atoms with Gasteiger partial charge in [-0.05, 0) is 12.1 Å². The van der Waals surface area contributed by atoms with Gasteiger partial charge in [-0.1, -0.05) is 12.1 Å². The Morgan fingerprint density at radius 2 is 2.14 bits per heavy atom. The van der Waals surface area contributed by atoms with E-state index in [1.165, 1.54) is 0 Å². The van der Waals surface area contributed by atoms with Gasteiger partial charge in [0.25, 0.3) is 0 Å². The summed E-state index contributed by atoms with van der Waals surface area (Å²) in [6, 6.07) is 9.46. The zero-order valence-corrected chi connectivity index (χ0v) is 12.8. The van der Waals surface area contributed by atoms with Gasteiger partial charge in [0, 0.05) is 44.6 Å². The molecular formula is C16H20N4O2. The number of aliphatic hydroxyl groups is 1. The van der Waals surface area contributed by atoms with E-state index in [-0.39, 0.29) is 0 Å². The maximum absolute atomic E-state index is 9.64. The van der Waals surface area contributed by atoms with Crippen LogP contribution < -0.4 is 5.32 Å². The fourth-order valence-corrected chi connectivity index (χ4v) is 2.24. The van der Waals surface area contributed by atoms with Gasteiger partial charge in [-0.3, -0.25) is 4.68 Å². The first-order chi connectivity index (χ1) is 10.6. The molecule has 6 heteroatoms. The Hall–Kier alpha value is -2.20. The summed E-state index contributed by atoms with van der Waals surface area (Å²) in [4.78, 5) is 0. The first-order valence-electron chi connectivity index (χ1n) is 7.04. The predicted octanol–water partition coefficient (Wildman–Crippen LogP) is 1.06. The summed E-state index contributed by atoms with van der Waals surface area (Å²) >= 11 is 0. The Kier molecular flexibility index (Phi) is 5.67. The van der Waals surface area contributed by atoms with Crippen LogP contribution >= 0.6 is 0 Å². The normalized spacial score (nSPS) is 12.1. The third-order valence-corrected chi connectivity index (χ3v) is 3.25. The lowest BCUT2D eigenvalue weighted by Gasteiger charge is -2.10. The molecule has 0 spiro atoms. The molecule has 0 aliphatic rings. The van der Waals surface area contributed by atoms with Crippen molar-refractivity contribution in [1.29, 1.82) is 5.26 Å². The van der Waals surface area contributed by atoms with E-state index in [0.29, 0.717) is 25.3 Å². The van der Waals surface area contributed by atoms with Crippen molar-refractivity contribution in [2.24, 2.45) is 7.05 Å². The second-order valence-electron chi connectivity index (χ2n) is 5.11. The van der Waals surface area contributed by atoms with Crippen LogP contribution in [0.15, 0.2) is 30.5 Å². The highest BCUT2D eigenvalue weighted by Gasteiger charge is 2.11. The molecule has 2 N–H and O–H groups in total. The van der Waals surface area contributed by atoms with E-state index >= 15 is 0 Å². The zero-order chi connectivity index (χ0) is 15.9. The minimum atomic E-state index is -0.528. The number of benzene rings is 1. The summed E-state index contributed by atoms with van der Waals surface area (Å²) in [6.07, 6.45) is 1.42. The van der Waals surface area contributed by atoms with Gasteiger partial charge in [-0.25, -0.2) is 0 Å². The number of aliphatic hydroxyl groups excluding tert-OH is 1. The van der Waals surface area contributed by atoms with Gasteiger partial charge in [-0.15, -0.1) is 0 Å². The number of nitriles is 1. The largest absolute Gasteiger partial charge is 0.389 e. The van der Waals surface area contributed by atoms with Gasteiger partial charge in [0.05, 0.1) is 30.0 Å². The Balaban J connectivity index is 2.07. The van der Waals surface area contributed by atoms with Crippen LogP contribution in [0.4, 0.5) is 0 Å². The topological polar surface area (TPSA) is 83.1 Å². The van der Waals surface area contributed by atoms with Crippen molar-refractivity contribution < 1.29 is 9.84 Å². The van der Waals surface area contributed by atoms with Crippen molar-refractivity contribution in [2.75, 3.05) is 20.3 Å². The summed E-state index contributed by atoms with van der Waals surface area (Å²) < 4.78 is 6.65. The average Bonchev–Trinajstić information content (AvgIpc) is 2.88. The van der Waals surface area contributed by atoms with Crippen molar-refractivity contribution in [3.63, 3.8) is 0 Å². The predicted molar refractivity (Wildman–Crippen MR) is 82.9 cm³/mol. The molecule has 0 aliphatic heterocycles. The molecule has 1 aromatic heterocycles. The molecule has 1 heterocycles. The van der Waals surface area contributed by atoms with Crippen molar-refractivity contribution >= 4 is 0 Å². The minimum Gasteiger partial charge on any atom is -0.389 e. The number of ether oxygens (including phenoxy) is 1. The number of nitrogens with one attached hydrogen (secondary N) is 1. The quantitative estimate of drug-likeness (QED) is 0.799. The lowest BCUT2D eigenvalue weighted by molar-refractivity contribution is 0.0644. The van der Waals surface area contributed by atoms with Crippen LogP contribution in [0.2, 0.25) is 0 Å². The second-order valence-corrected chi connectivity index (χ2v) is 5.11. The van der Waals surface area contributed by atoms with E-state index in [1.807, 2.05) is 25.4 Å². The molecule has 116 valence electrons. The van der Waals surface area contributed by atoms with Gasteiger partial charge >= 0.3 is 0 Å². The lowest BCUT2D eigenvalue weighted by Crippen LogP contribution is -2.29. The number of hydrogen-bond donors (Lipinski definition) is 2. The maximum Gasteiger partial charge on any atom is 0.0991 e. The van der Waals surface area contributed by atoms with Crippen LogP contribution in [0.3, 0.4) is 0 Å². The summed E-state index contributed by atoms with van der Waals surface area (Å²) in [5.74, 6) is 0. The molecule has 0 radical (unpaired) electrons. The number of methoxy groups -OCH3 is 1. The van der Waals surface area contributed by atoms with Gasteiger partial charge in [0.2, 0.25) is 0 Å². The highest BCUT2D eigenvalue weighted by atomic mass is 16.5. The van der Waals surface area contributed by atoms with Gasteiger partial charge in [-0.2, -0.15) is 10.4 Å². The van der Waals surface area contributed by atoms with Crippen molar-refractivity contribution in [1.82, 2.24) is 15.1 Å². The molecule has 1 unspecified atom stereocenters. The van der Waals surface area contributed by atoms with E-state index in [9.17, 15) is 5.11 Å². The fourth-order valence-electron chi connectivity index (χ4n) is 2.24. The third kappa shape index (κ3) is 4.15. The van der Waals surface area contributed by atoms with E-state index < -0.39 is 6.10 Å². The van der Waals surface area contributed by atoms with E-state index in [1.54, 1.807) is 23.9 Å². The summed E-state index contributed by atoms with van der Waals surface area (Å²) in [5.41, 5.74) is 3.51. The van der Waals surface area contributed by atoms with E-state index in [4.69, 9.17) is 10.00 Å². The monoisotopic (exact) mass is 300 g/mol. The van der Waals surface area contributed by atoms with Crippen molar-refractivity contribution in [3.8, 4) is 17.3 Å². The van der Waals surface area contributed by atoms with Crippen LogP contribution in [-0.2, 0) is 18.3 Å². The maximum atomic E-state index is 9.64. The Morgan fingerprint density at radius 1 is 1.41 bits per heavy atom. The summed E-state index contributed by atoms with van der Waals surface area (Å²) in [7, 11) is 3.43. The number of rotatable bonds is 7. The summed E-state index contributed by atoms with van der Waals surface area (Å²) in [6.45, 7) is 1.36. The lowest BCUT2D eigenvalue weighted by atomic mass is 10.1. The van der Waals surface area contributed by atoms with Crippen LogP contribution in [0.25, 0.3) is 11.3 Å². The molecule has 0 saturated carbocycles. The fraction of sp³-hybridized carbons (Fsp3) is 0.375. The van der Waals surface area contributed by atoms with Gasteiger partial charge in [0.15, 0.2) is 0 Å². The highest BCUT2D eigenvalue weighted by Crippen LogP contribution is 2.22. The van der Waals surface area contributed by atoms with Gasteiger partial charge in [0.1, 0.15) is 0 Å². The Labute approximate surface area is 130 Å². The number of nitrogens with zero attached hydrogens (tertiary/aromatic N) is 3. The highest BCUT2D eigenvalue weighted by molar-refractivity contribution is 5.63. The molecule has 6 nitrogen and oxygen atoms in total. The third-order valence-electron chi connectivity index (χ3n) is 3.25. The molecule has 0 aliphatic carbocycles. The first kappa shape index (κ1) is 16.2. The molecule has 1 atom stereocenters. The van der Waals surface area contributed by atoms with Crippen LogP contribution in [0.1, 0.15) is 11.1 Å². The van der Waals surface area contributed by atoms with E-state index in [2.05, 4.69) is 16.5 Å². The minimum absolute atomic E-state index is 0.308. The Morgan fingerprint density at radius 3 is 2.77 bits per heavy atom. The number of aryl methyl sites for hydroxylation is 1. The molecule has 0 saturated heterocycles. The molecule has 0 fully saturated rings. The molecule has 1 aromatic carbocycles. The molecule has 2 rings (SSSR count). The summed E-state index contributed by atoms with van der Waals surface area (Å²) in [5, 5.41) is 26.2. The first-order valence-corrected chi connectivity index (χ1v) is 7.04. The van der Waals surface area contributed by atoms with Gasteiger partial charge < -0.3 is 15.2 Å². The molecule has 0 bridgehead atoms. The zero-order valence-electron chi connectivity index (χ0n) is 12.8. The van der Waals surface area contributed by atoms with Crippen LogP contribution in [0.5, 0.6) is 0 Å². The SMILES string of the molecule is COCC(O)CNCc1cn(C)nc1-c1ccc(C#N)cc1. The van der Waals surface area contributed by atoms with Crippen molar-refractivity contribution in [3.05, 3.63) is 41.6 Å². The van der Waals surface area contributed by atoms with Crippen LogP contribution in [-0.4, -0.2) is 41.3 Å². The average molecular weight is 300 g/mol. The number of aromatic nitrogens is 2. The number of hydrogen-bond acceptors (Lipinski definition) is 5.